The van der Waals surface area contributed by atoms with Crippen molar-refractivity contribution in [2.24, 2.45) is 11.3 Å². The number of aryl methyl sites for hydroxylation is 1. The Balaban J connectivity index is 1.04. The number of carbonyl (C=O) groups is 2. The van der Waals surface area contributed by atoms with E-state index in [0.717, 1.165) is 62.2 Å². The van der Waals surface area contributed by atoms with Crippen LogP contribution in [0.3, 0.4) is 0 Å². The zero-order valence-corrected chi connectivity index (χ0v) is 18.9. The number of nitrogens with zero attached hydrogens (tertiary/aromatic N) is 2. The molecule has 1 aromatic heterocycles. The zero-order valence-electron chi connectivity index (χ0n) is 18.9. The molecule has 0 bridgehead atoms. The molecular weight excluding hydrogens is 400 g/mol. The van der Waals surface area contributed by atoms with Crippen molar-refractivity contribution in [1.29, 1.82) is 0 Å². The van der Waals surface area contributed by atoms with Gasteiger partial charge < -0.3 is 15.2 Å². The number of aromatic amines is 1. The number of rotatable bonds is 7. The van der Waals surface area contributed by atoms with E-state index in [1.165, 1.54) is 31.3 Å². The minimum atomic E-state index is 0.143. The maximum Gasteiger partial charge on any atom is 0.223 e. The summed E-state index contributed by atoms with van der Waals surface area (Å²) in [4.78, 5) is 35.2. The number of carbonyl (C=O) groups excluding carboxylic acids is 2. The number of benzene rings is 1. The van der Waals surface area contributed by atoms with Gasteiger partial charge in [0.1, 0.15) is 5.82 Å². The van der Waals surface area contributed by atoms with E-state index in [9.17, 15) is 9.59 Å². The van der Waals surface area contributed by atoms with Crippen molar-refractivity contribution in [1.82, 2.24) is 20.2 Å². The van der Waals surface area contributed by atoms with Gasteiger partial charge in [0, 0.05) is 38.4 Å². The molecule has 2 N–H and O–H groups in total. The summed E-state index contributed by atoms with van der Waals surface area (Å²) in [6.07, 6.45) is 12.4. The van der Waals surface area contributed by atoms with Gasteiger partial charge in [-0.3, -0.25) is 9.59 Å². The lowest BCUT2D eigenvalue weighted by Crippen LogP contribution is -2.40. The van der Waals surface area contributed by atoms with Gasteiger partial charge in [-0.15, -0.1) is 0 Å². The largest absolute Gasteiger partial charge is 0.356 e. The fourth-order valence-electron chi connectivity index (χ4n) is 5.58. The molecule has 5 rings (SSSR count). The van der Waals surface area contributed by atoms with Crippen LogP contribution in [-0.2, 0) is 16.0 Å². The highest BCUT2D eigenvalue weighted by Crippen LogP contribution is 2.59. The minimum absolute atomic E-state index is 0.143. The highest BCUT2D eigenvalue weighted by Gasteiger charge is 2.58. The van der Waals surface area contributed by atoms with Crippen LogP contribution in [0.15, 0.2) is 35.9 Å². The molecule has 0 unspecified atom stereocenters. The Hall–Kier alpha value is -2.63. The number of likely N-dealkylation sites (tertiary alicyclic amines) is 1. The van der Waals surface area contributed by atoms with Crippen molar-refractivity contribution in [3.05, 3.63) is 41.7 Å². The summed E-state index contributed by atoms with van der Waals surface area (Å²) in [7, 11) is 0. The lowest BCUT2D eigenvalue weighted by atomic mass is 9.90. The van der Waals surface area contributed by atoms with Gasteiger partial charge in [-0.05, 0) is 68.9 Å². The number of aromatic nitrogens is 2. The van der Waals surface area contributed by atoms with Gasteiger partial charge in [-0.2, -0.15) is 0 Å². The highest BCUT2D eigenvalue weighted by atomic mass is 16.2. The first kappa shape index (κ1) is 21.2. The Morgan fingerprint density at radius 1 is 1.16 bits per heavy atom. The number of fused-ring (bicyclic) bond motifs is 1. The van der Waals surface area contributed by atoms with Crippen molar-refractivity contribution in [2.75, 3.05) is 19.6 Å². The zero-order chi connectivity index (χ0) is 22.0. The molecule has 2 heterocycles. The van der Waals surface area contributed by atoms with Crippen LogP contribution in [-0.4, -0.2) is 46.3 Å². The maximum atomic E-state index is 12.7. The molecular formula is C26H34N4O2. The van der Waals surface area contributed by atoms with Crippen molar-refractivity contribution in [3.63, 3.8) is 0 Å². The third-order valence-corrected chi connectivity index (χ3v) is 7.76. The van der Waals surface area contributed by atoms with Gasteiger partial charge in [-0.25, -0.2) is 4.98 Å². The summed E-state index contributed by atoms with van der Waals surface area (Å²) < 4.78 is 0. The van der Waals surface area contributed by atoms with Gasteiger partial charge >= 0.3 is 0 Å². The third-order valence-electron chi connectivity index (χ3n) is 7.76. The van der Waals surface area contributed by atoms with Crippen LogP contribution in [0.2, 0.25) is 0 Å². The SMILES string of the molecule is O=C(NCCC1=CCCCC1)[C@@H]1CC12CCN(C(=O)CCc1nc3ccccc3[nH]1)CC2. The second-order valence-corrected chi connectivity index (χ2v) is 9.85. The molecule has 1 saturated carbocycles. The first-order valence-electron chi connectivity index (χ1n) is 12.3. The smallest absolute Gasteiger partial charge is 0.223 e. The van der Waals surface area contributed by atoms with Gasteiger partial charge in [0.05, 0.1) is 11.0 Å². The average molecular weight is 435 g/mol. The number of allylic oxidation sites excluding steroid dienone is 1. The molecule has 1 aromatic carbocycles. The molecule has 6 nitrogen and oxygen atoms in total. The van der Waals surface area contributed by atoms with E-state index in [-0.39, 0.29) is 23.1 Å². The molecule has 3 aliphatic rings. The Morgan fingerprint density at radius 2 is 2.00 bits per heavy atom. The molecule has 170 valence electrons. The molecule has 32 heavy (non-hydrogen) atoms. The monoisotopic (exact) mass is 434 g/mol. The van der Waals surface area contributed by atoms with Crippen LogP contribution < -0.4 is 5.32 Å². The fourth-order valence-corrected chi connectivity index (χ4v) is 5.58. The van der Waals surface area contributed by atoms with E-state index in [1.807, 2.05) is 29.2 Å². The Kier molecular flexibility index (Phi) is 6.03. The lowest BCUT2D eigenvalue weighted by molar-refractivity contribution is -0.132. The predicted octanol–water partition coefficient (Wildman–Crippen LogP) is 4.13. The standard InChI is InChI=1S/C26H34N4O2/c31-24(11-10-23-28-21-8-4-5-9-22(21)29-23)30-16-13-26(14-17-30)18-20(26)25(32)27-15-12-19-6-2-1-3-7-19/h4-6,8-9,20H,1-3,7,10-18H2,(H,27,32)(H,28,29)/t20-/m0/s1. The molecule has 1 aliphatic heterocycles. The van der Waals surface area contributed by atoms with Crippen LogP contribution in [0.5, 0.6) is 0 Å². The maximum absolute atomic E-state index is 12.7. The molecule has 2 fully saturated rings. The van der Waals surface area contributed by atoms with Crippen LogP contribution in [0, 0.1) is 11.3 Å². The van der Waals surface area contributed by atoms with E-state index in [2.05, 4.69) is 21.4 Å². The van der Waals surface area contributed by atoms with Crippen LogP contribution >= 0.6 is 0 Å². The Bertz CT molecular complexity index is 983. The Morgan fingerprint density at radius 3 is 2.78 bits per heavy atom. The number of hydrogen-bond acceptors (Lipinski definition) is 3. The average Bonchev–Trinajstić information content (AvgIpc) is 3.35. The summed E-state index contributed by atoms with van der Waals surface area (Å²) in [5.74, 6) is 1.44. The van der Waals surface area contributed by atoms with E-state index in [1.54, 1.807) is 0 Å². The predicted molar refractivity (Wildman–Crippen MR) is 125 cm³/mol. The molecule has 2 amide bonds. The first-order valence-corrected chi connectivity index (χ1v) is 12.3. The third kappa shape index (κ3) is 4.59. The quantitative estimate of drug-likeness (QED) is 0.643. The van der Waals surface area contributed by atoms with Gasteiger partial charge in [0.15, 0.2) is 0 Å². The number of H-pyrrole nitrogens is 1. The highest BCUT2D eigenvalue weighted by molar-refractivity contribution is 5.83. The number of amides is 2. The topological polar surface area (TPSA) is 78.1 Å². The van der Waals surface area contributed by atoms with Crippen molar-refractivity contribution in [3.8, 4) is 0 Å². The molecule has 6 heteroatoms. The summed E-state index contributed by atoms with van der Waals surface area (Å²) in [6, 6.07) is 7.95. The van der Waals surface area contributed by atoms with Crippen molar-refractivity contribution in [2.45, 2.75) is 64.2 Å². The van der Waals surface area contributed by atoms with E-state index < -0.39 is 0 Å². The molecule has 1 spiro atoms. The first-order chi connectivity index (χ1) is 15.6. The fraction of sp³-hybridized carbons (Fsp3) is 0.577. The number of piperidine rings is 1. The second-order valence-electron chi connectivity index (χ2n) is 9.85. The molecule has 2 aromatic rings. The van der Waals surface area contributed by atoms with Crippen molar-refractivity contribution >= 4 is 22.8 Å². The van der Waals surface area contributed by atoms with E-state index >= 15 is 0 Å². The molecule has 0 radical (unpaired) electrons. The van der Waals surface area contributed by atoms with Crippen molar-refractivity contribution < 1.29 is 9.59 Å². The minimum Gasteiger partial charge on any atom is -0.356 e. The summed E-state index contributed by atoms with van der Waals surface area (Å²) >= 11 is 0. The molecule has 2 aliphatic carbocycles. The summed E-state index contributed by atoms with van der Waals surface area (Å²) in [6.45, 7) is 2.31. The van der Waals surface area contributed by atoms with Gasteiger partial charge in [-0.1, -0.05) is 23.8 Å². The summed E-state index contributed by atoms with van der Waals surface area (Å²) in [5.41, 5.74) is 3.62. The van der Waals surface area contributed by atoms with Crippen LogP contribution in [0.1, 0.15) is 63.6 Å². The number of para-hydroxylation sites is 2. The number of imidazole rings is 1. The van der Waals surface area contributed by atoms with Crippen LogP contribution in [0.25, 0.3) is 11.0 Å². The summed E-state index contributed by atoms with van der Waals surface area (Å²) in [5, 5.41) is 3.18. The van der Waals surface area contributed by atoms with Gasteiger partial charge in [0.2, 0.25) is 11.8 Å². The van der Waals surface area contributed by atoms with E-state index in [0.29, 0.717) is 12.8 Å². The lowest BCUT2D eigenvalue weighted by Gasteiger charge is -2.33. The number of hydrogen-bond donors (Lipinski definition) is 2. The molecule has 1 atom stereocenters. The Labute approximate surface area is 189 Å². The normalized spacial score (nSPS) is 22.1. The van der Waals surface area contributed by atoms with Gasteiger partial charge in [0.25, 0.3) is 0 Å². The van der Waals surface area contributed by atoms with Crippen LogP contribution in [0.4, 0.5) is 0 Å². The number of nitrogens with one attached hydrogen (secondary N) is 2. The van der Waals surface area contributed by atoms with E-state index in [4.69, 9.17) is 0 Å². The molecule has 1 saturated heterocycles. The second kappa shape index (κ2) is 9.08.